The number of halogens is 1. The first-order chi connectivity index (χ1) is 8.96. The van der Waals surface area contributed by atoms with Gasteiger partial charge in [0.2, 0.25) is 10.0 Å². The average molecular weight is 289 g/mol. The normalized spacial score (nSPS) is 21.5. The second-order valence-corrected chi connectivity index (χ2v) is 6.32. The van der Waals surface area contributed by atoms with Gasteiger partial charge in [-0.2, -0.15) is 4.31 Å². The Hall–Kier alpha value is -1.02. The molecular formula is C12H16FNO4S. The fourth-order valence-corrected chi connectivity index (χ4v) is 3.69. The van der Waals surface area contributed by atoms with Crippen molar-refractivity contribution in [2.24, 2.45) is 0 Å². The van der Waals surface area contributed by atoms with Crippen LogP contribution in [-0.4, -0.2) is 43.6 Å². The van der Waals surface area contributed by atoms with Gasteiger partial charge in [0.15, 0.2) is 0 Å². The van der Waals surface area contributed by atoms with Crippen LogP contribution in [0.25, 0.3) is 0 Å². The molecule has 1 N–H and O–H groups in total. The third-order valence-corrected chi connectivity index (χ3v) is 5.12. The maximum absolute atomic E-state index is 13.9. The number of morpholine rings is 1. The maximum atomic E-state index is 13.9. The topological polar surface area (TPSA) is 66.8 Å². The molecule has 1 aliphatic heterocycles. The lowest BCUT2D eigenvalue weighted by molar-refractivity contribution is 0.0392. The summed E-state index contributed by atoms with van der Waals surface area (Å²) in [5.41, 5.74) is 0.339. The van der Waals surface area contributed by atoms with Crippen molar-refractivity contribution in [3.8, 4) is 0 Å². The first kappa shape index (κ1) is 14.4. The van der Waals surface area contributed by atoms with Gasteiger partial charge in [0.25, 0.3) is 0 Å². The van der Waals surface area contributed by atoms with Gasteiger partial charge in [0.1, 0.15) is 10.7 Å². The summed E-state index contributed by atoms with van der Waals surface area (Å²) in [7, 11) is -3.87. The van der Waals surface area contributed by atoms with Crippen LogP contribution < -0.4 is 0 Å². The molecule has 0 saturated carbocycles. The molecule has 0 aromatic heterocycles. The predicted octanol–water partition coefficient (Wildman–Crippen LogP) is 0.727. The van der Waals surface area contributed by atoms with Gasteiger partial charge in [-0.05, 0) is 24.6 Å². The van der Waals surface area contributed by atoms with E-state index in [9.17, 15) is 12.8 Å². The van der Waals surface area contributed by atoms with Crippen LogP contribution in [0, 0.1) is 5.82 Å². The number of aliphatic hydroxyl groups excluding tert-OH is 1. The van der Waals surface area contributed by atoms with Gasteiger partial charge in [0.05, 0.1) is 19.8 Å². The van der Waals surface area contributed by atoms with Crippen LogP contribution in [0.2, 0.25) is 0 Å². The molecule has 1 aromatic rings. The van der Waals surface area contributed by atoms with Crippen molar-refractivity contribution in [2.45, 2.75) is 24.5 Å². The molecule has 1 heterocycles. The Balaban J connectivity index is 2.38. The first-order valence-electron chi connectivity index (χ1n) is 5.95. The van der Waals surface area contributed by atoms with Gasteiger partial charge in [-0.3, -0.25) is 0 Å². The van der Waals surface area contributed by atoms with E-state index in [0.717, 1.165) is 6.07 Å². The number of hydrogen-bond acceptors (Lipinski definition) is 4. The van der Waals surface area contributed by atoms with E-state index in [-0.39, 0.29) is 24.1 Å². The van der Waals surface area contributed by atoms with Gasteiger partial charge in [-0.15, -0.1) is 0 Å². The first-order valence-corrected chi connectivity index (χ1v) is 7.39. The number of nitrogens with zero attached hydrogens (tertiary/aromatic N) is 1. The lowest BCUT2D eigenvalue weighted by Crippen LogP contribution is -2.47. The number of benzene rings is 1. The van der Waals surface area contributed by atoms with E-state index < -0.39 is 15.8 Å². The van der Waals surface area contributed by atoms with E-state index in [1.54, 1.807) is 6.92 Å². The predicted molar refractivity (Wildman–Crippen MR) is 66.5 cm³/mol. The van der Waals surface area contributed by atoms with Crippen molar-refractivity contribution in [1.29, 1.82) is 0 Å². The number of aliphatic hydroxyl groups is 1. The van der Waals surface area contributed by atoms with Crippen LogP contribution in [0.3, 0.4) is 0 Å². The van der Waals surface area contributed by atoms with Crippen LogP contribution in [0.4, 0.5) is 4.39 Å². The van der Waals surface area contributed by atoms with Crippen molar-refractivity contribution in [2.75, 3.05) is 19.8 Å². The molecule has 1 fully saturated rings. The van der Waals surface area contributed by atoms with Crippen LogP contribution >= 0.6 is 0 Å². The molecule has 0 amide bonds. The minimum absolute atomic E-state index is 0.213. The Labute approximate surface area is 111 Å². The lowest BCUT2D eigenvalue weighted by Gasteiger charge is -2.32. The summed E-state index contributed by atoms with van der Waals surface area (Å²) in [6, 6.07) is 3.31. The molecule has 1 aromatic carbocycles. The largest absolute Gasteiger partial charge is 0.392 e. The fourth-order valence-electron chi connectivity index (χ4n) is 2.05. The Bertz CT molecular complexity index is 561. The standard InChI is InChI=1S/C12H16FNO4S/c1-9-8-18-5-4-14(9)19(16,17)12-3-2-10(7-15)6-11(12)13/h2-3,6,9,15H,4-5,7-8H2,1H3. The molecule has 2 rings (SSSR count). The highest BCUT2D eigenvalue weighted by Crippen LogP contribution is 2.23. The van der Waals surface area contributed by atoms with E-state index in [4.69, 9.17) is 9.84 Å². The van der Waals surface area contributed by atoms with Crippen molar-refractivity contribution in [3.05, 3.63) is 29.6 Å². The average Bonchev–Trinajstić information content (AvgIpc) is 2.38. The van der Waals surface area contributed by atoms with Gasteiger partial charge in [-0.25, -0.2) is 12.8 Å². The molecule has 0 bridgehead atoms. The molecule has 1 aliphatic rings. The third kappa shape index (κ3) is 2.79. The van der Waals surface area contributed by atoms with E-state index >= 15 is 0 Å². The smallest absolute Gasteiger partial charge is 0.246 e. The Morgan fingerprint density at radius 3 is 2.84 bits per heavy atom. The Kier molecular flexibility index (Phi) is 4.19. The van der Waals surface area contributed by atoms with Crippen molar-refractivity contribution in [3.63, 3.8) is 0 Å². The van der Waals surface area contributed by atoms with Crippen LogP contribution in [0.15, 0.2) is 23.1 Å². The van der Waals surface area contributed by atoms with Crippen molar-refractivity contribution >= 4 is 10.0 Å². The van der Waals surface area contributed by atoms with E-state index in [1.165, 1.54) is 16.4 Å². The molecule has 0 radical (unpaired) electrons. The SMILES string of the molecule is CC1COCCN1S(=O)(=O)c1ccc(CO)cc1F. The summed E-state index contributed by atoms with van der Waals surface area (Å²) in [4.78, 5) is -0.363. The van der Waals surface area contributed by atoms with Gasteiger partial charge < -0.3 is 9.84 Å². The molecule has 106 valence electrons. The highest BCUT2D eigenvalue weighted by molar-refractivity contribution is 7.89. The van der Waals surface area contributed by atoms with Gasteiger partial charge in [0, 0.05) is 12.6 Å². The number of sulfonamides is 1. The molecule has 7 heteroatoms. The summed E-state index contributed by atoms with van der Waals surface area (Å²) in [5, 5.41) is 8.90. The van der Waals surface area contributed by atoms with Gasteiger partial charge >= 0.3 is 0 Å². The minimum Gasteiger partial charge on any atom is -0.392 e. The van der Waals surface area contributed by atoms with E-state index in [2.05, 4.69) is 0 Å². The van der Waals surface area contributed by atoms with Gasteiger partial charge in [-0.1, -0.05) is 6.07 Å². The molecule has 1 atom stereocenters. The molecule has 1 unspecified atom stereocenters. The zero-order valence-electron chi connectivity index (χ0n) is 10.5. The highest BCUT2D eigenvalue weighted by Gasteiger charge is 2.33. The summed E-state index contributed by atoms with van der Waals surface area (Å²) >= 11 is 0. The van der Waals surface area contributed by atoms with Crippen molar-refractivity contribution in [1.82, 2.24) is 4.31 Å². The summed E-state index contributed by atoms with van der Waals surface area (Å²) < 4.78 is 45.1. The quantitative estimate of drug-likeness (QED) is 0.890. The zero-order valence-corrected chi connectivity index (χ0v) is 11.4. The lowest BCUT2D eigenvalue weighted by atomic mass is 10.2. The number of rotatable bonds is 3. The molecule has 1 saturated heterocycles. The fraction of sp³-hybridized carbons (Fsp3) is 0.500. The van der Waals surface area contributed by atoms with Crippen LogP contribution in [0.5, 0.6) is 0 Å². The molecule has 0 spiro atoms. The second-order valence-electron chi connectivity index (χ2n) is 4.46. The summed E-state index contributed by atoms with van der Waals surface area (Å²) in [6.45, 7) is 2.21. The highest BCUT2D eigenvalue weighted by atomic mass is 32.2. The Morgan fingerprint density at radius 1 is 1.53 bits per heavy atom. The monoisotopic (exact) mass is 289 g/mol. The third-order valence-electron chi connectivity index (χ3n) is 3.07. The second kappa shape index (κ2) is 5.54. The summed E-state index contributed by atoms with van der Waals surface area (Å²) in [6.07, 6.45) is 0. The zero-order chi connectivity index (χ0) is 14.0. The van der Waals surface area contributed by atoms with Crippen LogP contribution in [0.1, 0.15) is 12.5 Å². The van der Waals surface area contributed by atoms with Crippen molar-refractivity contribution < 1.29 is 22.7 Å². The Morgan fingerprint density at radius 2 is 2.26 bits per heavy atom. The molecular weight excluding hydrogens is 273 g/mol. The molecule has 0 aliphatic carbocycles. The minimum atomic E-state index is -3.87. The maximum Gasteiger partial charge on any atom is 0.246 e. The van der Waals surface area contributed by atoms with E-state index in [0.29, 0.717) is 18.8 Å². The molecule has 5 nitrogen and oxygen atoms in total. The van der Waals surface area contributed by atoms with E-state index in [1.807, 2.05) is 0 Å². The number of hydrogen-bond donors (Lipinski definition) is 1. The van der Waals surface area contributed by atoms with Crippen LogP contribution in [-0.2, 0) is 21.4 Å². The molecule has 19 heavy (non-hydrogen) atoms. The summed E-state index contributed by atoms with van der Waals surface area (Å²) in [5.74, 6) is -0.842. The number of ether oxygens (including phenoxy) is 1.